The second kappa shape index (κ2) is 3.80. The first kappa shape index (κ1) is 10.4. The molecule has 2 aliphatic heterocycles. The van der Waals surface area contributed by atoms with E-state index in [1.54, 1.807) is 0 Å². The molecular weight excluding hydrogens is 174 g/mol. The van der Waals surface area contributed by atoms with Gasteiger partial charge < -0.3 is 11.1 Å². The molecule has 14 heavy (non-hydrogen) atoms. The summed E-state index contributed by atoms with van der Waals surface area (Å²) in [5.74, 6) is 0. The van der Waals surface area contributed by atoms with Gasteiger partial charge in [-0.15, -0.1) is 0 Å². The van der Waals surface area contributed by atoms with Gasteiger partial charge in [-0.1, -0.05) is 0 Å². The molecule has 0 spiro atoms. The summed E-state index contributed by atoms with van der Waals surface area (Å²) in [6, 6.07) is 1.51. The second-order valence-corrected chi connectivity index (χ2v) is 5.65. The summed E-state index contributed by atoms with van der Waals surface area (Å²) in [7, 11) is 0. The van der Waals surface area contributed by atoms with E-state index in [0.717, 1.165) is 18.6 Å². The van der Waals surface area contributed by atoms with Crippen LogP contribution in [0.3, 0.4) is 0 Å². The molecule has 3 heteroatoms. The Morgan fingerprint density at radius 2 is 2.00 bits per heavy atom. The summed E-state index contributed by atoms with van der Waals surface area (Å²) in [4.78, 5) is 2.52. The maximum atomic E-state index is 6.05. The van der Waals surface area contributed by atoms with Crippen LogP contribution in [-0.2, 0) is 0 Å². The van der Waals surface area contributed by atoms with Crippen molar-refractivity contribution in [3.8, 4) is 0 Å². The average Bonchev–Trinajstić information content (AvgIpc) is 2.35. The van der Waals surface area contributed by atoms with Crippen LogP contribution in [-0.4, -0.2) is 42.2 Å². The van der Waals surface area contributed by atoms with Crippen LogP contribution >= 0.6 is 0 Å². The van der Waals surface area contributed by atoms with Gasteiger partial charge in [-0.2, -0.15) is 0 Å². The van der Waals surface area contributed by atoms with Gasteiger partial charge in [-0.05, 0) is 39.7 Å². The molecule has 2 atom stereocenters. The van der Waals surface area contributed by atoms with E-state index in [9.17, 15) is 0 Å². The van der Waals surface area contributed by atoms with Gasteiger partial charge in [0.25, 0.3) is 0 Å². The molecule has 2 unspecified atom stereocenters. The van der Waals surface area contributed by atoms with Crippen molar-refractivity contribution in [2.75, 3.05) is 19.6 Å². The number of hydrogen-bond donors (Lipinski definition) is 2. The normalized spacial score (nSPS) is 34.5. The van der Waals surface area contributed by atoms with Gasteiger partial charge in [0.1, 0.15) is 0 Å². The summed E-state index contributed by atoms with van der Waals surface area (Å²) >= 11 is 0. The largest absolute Gasteiger partial charge is 0.324 e. The Morgan fingerprint density at radius 1 is 1.29 bits per heavy atom. The number of nitrogens with zero attached hydrogens (tertiary/aromatic N) is 1. The molecular formula is C11H23N3. The Balaban J connectivity index is 1.89. The highest BCUT2D eigenvalue weighted by molar-refractivity contribution is 4.91. The van der Waals surface area contributed by atoms with E-state index in [-0.39, 0.29) is 5.54 Å². The van der Waals surface area contributed by atoms with Gasteiger partial charge in [0.05, 0.1) is 0 Å². The van der Waals surface area contributed by atoms with Crippen LogP contribution in [0.2, 0.25) is 0 Å². The van der Waals surface area contributed by atoms with Crippen LogP contribution in [0.15, 0.2) is 0 Å². The SMILES string of the molecule is CC(C)(N)CN1CCC2CCC(C1)N2. The molecule has 0 aromatic rings. The molecule has 0 aromatic heterocycles. The third kappa shape index (κ3) is 2.69. The number of likely N-dealkylation sites (tertiary alicyclic amines) is 1. The molecule has 0 aromatic carbocycles. The number of nitrogens with one attached hydrogen (secondary N) is 1. The first-order valence-electron chi connectivity index (χ1n) is 5.80. The van der Waals surface area contributed by atoms with Crippen LogP contribution in [0.4, 0.5) is 0 Å². The standard InChI is InChI=1S/C11H23N3/c1-11(2,12)8-14-6-5-9-3-4-10(7-14)13-9/h9-10,13H,3-8,12H2,1-2H3. The van der Waals surface area contributed by atoms with Gasteiger partial charge in [0.2, 0.25) is 0 Å². The Bertz CT molecular complexity index is 197. The summed E-state index contributed by atoms with van der Waals surface area (Å²) in [6.07, 6.45) is 4.03. The van der Waals surface area contributed by atoms with E-state index in [2.05, 4.69) is 24.1 Å². The van der Waals surface area contributed by atoms with Crippen LogP contribution in [0.25, 0.3) is 0 Å². The topological polar surface area (TPSA) is 41.3 Å². The van der Waals surface area contributed by atoms with Gasteiger partial charge in [-0.3, -0.25) is 4.90 Å². The van der Waals surface area contributed by atoms with Crippen molar-refractivity contribution in [2.45, 2.75) is 50.7 Å². The average molecular weight is 197 g/mol. The van der Waals surface area contributed by atoms with E-state index in [1.165, 1.54) is 32.4 Å². The first-order chi connectivity index (χ1) is 6.53. The van der Waals surface area contributed by atoms with E-state index in [1.807, 2.05) is 0 Å². The lowest BCUT2D eigenvalue weighted by Gasteiger charge is -2.30. The van der Waals surface area contributed by atoms with Crippen LogP contribution < -0.4 is 11.1 Å². The fourth-order valence-corrected chi connectivity index (χ4v) is 2.74. The van der Waals surface area contributed by atoms with Crippen LogP contribution in [0.1, 0.15) is 33.1 Å². The Hall–Kier alpha value is -0.120. The van der Waals surface area contributed by atoms with Crippen LogP contribution in [0, 0.1) is 0 Å². The highest BCUT2D eigenvalue weighted by atomic mass is 15.2. The van der Waals surface area contributed by atoms with Crippen molar-refractivity contribution in [1.82, 2.24) is 10.2 Å². The maximum Gasteiger partial charge on any atom is 0.0226 e. The summed E-state index contributed by atoms with van der Waals surface area (Å²) in [5, 5.41) is 3.69. The van der Waals surface area contributed by atoms with Crippen molar-refractivity contribution in [1.29, 1.82) is 0 Å². The van der Waals surface area contributed by atoms with Gasteiger partial charge in [-0.25, -0.2) is 0 Å². The molecule has 0 aliphatic carbocycles. The zero-order valence-corrected chi connectivity index (χ0v) is 9.42. The van der Waals surface area contributed by atoms with Crippen molar-refractivity contribution < 1.29 is 0 Å². The molecule has 82 valence electrons. The van der Waals surface area contributed by atoms with Gasteiger partial charge in [0, 0.05) is 30.7 Å². The lowest BCUT2D eigenvalue weighted by Crippen LogP contribution is -2.47. The second-order valence-electron chi connectivity index (χ2n) is 5.65. The van der Waals surface area contributed by atoms with Crippen molar-refractivity contribution in [2.24, 2.45) is 5.73 Å². The third-order valence-electron chi connectivity index (χ3n) is 3.24. The Labute approximate surface area is 87.0 Å². The highest BCUT2D eigenvalue weighted by Crippen LogP contribution is 2.20. The number of fused-ring (bicyclic) bond motifs is 2. The Kier molecular flexibility index (Phi) is 2.82. The Morgan fingerprint density at radius 3 is 2.71 bits per heavy atom. The molecule has 0 amide bonds. The van der Waals surface area contributed by atoms with Crippen molar-refractivity contribution in [3.05, 3.63) is 0 Å². The molecule has 2 rings (SSSR count). The maximum absolute atomic E-state index is 6.05. The minimum Gasteiger partial charge on any atom is -0.324 e. The van der Waals surface area contributed by atoms with E-state index in [0.29, 0.717) is 0 Å². The first-order valence-corrected chi connectivity index (χ1v) is 5.80. The fourth-order valence-electron chi connectivity index (χ4n) is 2.74. The van der Waals surface area contributed by atoms with E-state index < -0.39 is 0 Å². The monoisotopic (exact) mass is 197 g/mol. The predicted octanol–water partition coefficient (Wildman–Crippen LogP) is 0.550. The summed E-state index contributed by atoms with van der Waals surface area (Å²) in [6.45, 7) is 7.66. The lowest BCUT2D eigenvalue weighted by atomic mass is 10.0. The summed E-state index contributed by atoms with van der Waals surface area (Å²) < 4.78 is 0. The molecule has 0 saturated carbocycles. The lowest BCUT2D eigenvalue weighted by molar-refractivity contribution is 0.215. The van der Waals surface area contributed by atoms with Crippen molar-refractivity contribution in [3.63, 3.8) is 0 Å². The number of nitrogens with two attached hydrogens (primary N) is 1. The van der Waals surface area contributed by atoms with Gasteiger partial charge >= 0.3 is 0 Å². The van der Waals surface area contributed by atoms with Crippen LogP contribution in [0.5, 0.6) is 0 Å². The number of rotatable bonds is 2. The molecule has 2 fully saturated rings. The van der Waals surface area contributed by atoms with Crippen molar-refractivity contribution >= 4 is 0 Å². The van der Waals surface area contributed by atoms with E-state index >= 15 is 0 Å². The molecule has 2 saturated heterocycles. The smallest absolute Gasteiger partial charge is 0.0226 e. The highest BCUT2D eigenvalue weighted by Gasteiger charge is 2.30. The zero-order chi connectivity index (χ0) is 10.2. The third-order valence-corrected chi connectivity index (χ3v) is 3.24. The van der Waals surface area contributed by atoms with Gasteiger partial charge in [0.15, 0.2) is 0 Å². The zero-order valence-electron chi connectivity index (χ0n) is 9.42. The quantitative estimate of drug-likeness (QED) is 0.679. The molecule has 0 radical (unpaired) electrons. The molecule has 3 nitrogen and oxygen atoms in total. The minimum absolute atomic E-state index is 0.0520. The molecule has 2 heterocycles. The molecule has 3 N–H and O–H groups in total. The minimum atomic E-state index is -0.0520. The fraction of sp³-hybridized carbons (Fsp3) is 1.00. The molecule has 2 bridgehead atoms. The number of hydrogen-bond acceptors (Lipinski definition) is 3. The predicted molar refractivity (Wildman–Crippen MR) is 59.3 cm³/mol. The van der Waals surface area contributed by atoms with E-state index in [4.69, 9.17) is 5.73 Å². The summed E-state index contributed by atoms with van der Waals surface area (Å²) in [5.41, 5.74) is 6.00. The molecule has 2 aliphatic rings.